The molecule has 19 heavy (non-hydrogen) atoms. The first kappa shape index (κ1) is 15.0. The van der Waals surface area contributed by atoms with Crippen molar-refractivity contribution in [3.63, 3.8) is 0 Å². The predicted octanol–water partition coefficient (Wildman–Crippen LogP) is 1.03. The smallest absolute Gasteiger partial charge is 0.255 e. The van der Waals surface area contributed by atoms with E-state index in [1.807, 2.05) is 13.0 Å². The molecule has 0 aliphatic heterocycles. The fourth-order valence-electron chi connectivity index (χ4n) is 1.90. The number of nitrogens with one attached hydrogen (secondary N) is 1. The van der Waals surface area contributed by atoms with Gasteiger partial charge in [-0.25, -0.2) is 0 Å². The Balaban J connectivity index is 2.83. The quantitative estimate of drug-likeness (QED) is 0.797. The summed E-state index contributed by atoms with van der Waals surface area (Å²) in [7, 11) is 3.25. The normalized spacial score (nSPS) is 11.8. The molecule has 1 rings (SSSR count). The summed E-state index contributed by atoms with van der Waals surface area (Å²) in [5, 5.41) is 2.57. The van der Waals surface area contributed by atoms with E-state index in [0.29, 0.717) is 17.8 Å². The van der Waals surface area contributed by atoms with E-state index < -0.39 is 0 Å². The minimum Gasteiger partial charge on any atom is -0.398 e. The molecule has 0 aromatic heterocycles. The minimum atomic E-state index is -0.259. The number of para-hydroxylation sites is 1. The summed E-state index contributed by atoms with van der Waals surface area (Å²) in [5.74, 6) is -0.515. The molecule has 0 aliphatic carbocycles. The summed E-state index contributed by atoms with van der Waals surface area (Å²) in [4.78, 5) is 25.3. The number of nitrogens with zero attached hydrogens (tertiary/aromatic N) is 1. The number of hydrogen-bond acceptors (Lipinski definition) is 3. The zero-order chi connectivity index (χ0) is 14.6. The van der Waals surface area contributed by atoms with Gasteiger partial charge in [0, 0.05) is 26.3 Å². The van der Waals surface area contributed by atoms with Crippen LogP contribution in [0, 0.1) is 12.8 Å². The highest BCUT2D eigenvalue weighted by molar-refractivity contribution is 5.99. The zero-order valence-electron chi connectivity index (χ0n) is 11.9. The number of rotatable bonds is 4. The third kappa shape index (κ3) is 3.47. The van der Waals surface area contributed by atoms with Crippen LogP contribution in [0.3, 0.4) is 0 Å². The van der Waals surface area contributed by atoms with Gasteiger partial charge in [-0.1, -0.05) is 19.1 Å². The maximum atomic E-state index is 12.3. The lowest BCUT2D eigenvalue weighted by atomic mass is 10.1. The molecule has 104 valence electrons. The van der Waals surface area contributed by atoms with Crippen LogP contribution in [0.15, 0.2) is 18.2 Å². The number of nitrogens with two attached hydrogens (primary N) is 1. The minimum absolute atomic E-state index is 0.0862. The first-order chi connectivity index (χ1) is 8.88. The Kier molecular flexibility index (Phi) is 4.92. The van der Waals surface area contributed by atoms with Gasteiger partial charge in [-0.05, 0) is 18.6 Å². The summed E-state index contributed by atoms with van der Waals surface area (Å²) >= 11 is 0. The first-order valence-corrected chi connectivity index (χ1v) is 6.20. The number of carbonyl (C=O) groups excluding carboxylic acids is 2. The summed E-state index contributed by atoms with van der Waals surface area (Å²) in [6, 6.07) is 5.36. The standard InChI is InChI=1S/C14H21N3O2/c1-9-6-5-7-11(12(9)15)14(19)17(4)8-10(2)13(18)16-3/h5-7,10H,8,15H2,1-4H3,(H,16,18). The van der Waals surface area contributed by atoms with Gasteiger partial charge in [-0.15, -0.1) is 0 Å². The summed E-state index contributed by atoms with van der Waals surface area (Å²) in [6.45, 7) is 3.99. The number of hydrogen-bond donors (Lipinski definition) is 2. The molecule has 5 nitrogen and oxygen atoms in total. The summed E-state index contributed by atoms with van der Waals surface area (Å²) in [5.41, 5.74) is 7.76. The second-order valence-corrected chi connectivity index (χ2v) is 4.74. The highest BCUT2D eigenvalue weighted by Crippen LogP contribution is 2.18. The van der Waals surface area contributed by atoms with Gasteiger partial charge < -0.3 is 16.0 Å². The van der Waals surface area contributed by atoms with Gasteiger partial charge in [0.05, 0.1) is 11.5 Å². The Labute approximate surface area is 113 Å². The second kappa shape index (κ2) is 6.22. The fourth-order valence-corrected chi connectivity index (χ4v) is 1.90. The van der Waals surface area contributed by atoms with Crippen LogP contribution < -0.4 is 11.1 Å². The van der Waals surface area contributed by atoms with Crippen molar-refractivity contribution in [2.75, 3.05) is 26.4 Å². The summed E-state index contributed by atoms with van der Waals surface area (Å²) < 4.78 is 0. The number of nitrogen functional groups attached to an aromatic ring is 1. The molecular formula is C14H21N3O2. The molecule has 1 unspecified atom stereocenters. The van der Waals surface area contributed by atoms with Gasteiger partial charge in [0.1, 0.15) is 0 Å². The number of benzene rings is 1. The van der Waals surface area contributed by atoms with Crippen LogP contribution in [-0.2, 0) is 4.79 Å². The van der Waals surface area contributed by atoms with Gasteiger partial charge >= 0.3 is 0 Å². The molecular weight excluding hydrogens is 242 g/mol. The van der Waals surface area contributed by atoms with Gasteiger partial charge in [-0.2, -0.15) is 0 Å². The van der Waals surface area contributed by atoms with E-state index in [0.717, 1.165) is 5.56 Å². The van der Waals surface area contributed by atoms with Crippen LogP contribution in [0.2, 0.25) is 0 Å². The second-order valence-electron chi connectivity index (χ2n) is 4.74. The molecule has 0 aliphatic rings. The van der Waals surface area contributed by atoms with Crippen LogP contribution >= 0.6 is 0 Å². The van der Waals surface area contributed by atoms with Gasteiger partial charge in [0.2, 0.25) is 5.91 Å². The van der Waals surface area contributed by atoms with Crippen molar-refractivity contribution in [1.29, 1.82) is 0 Å². The van der Waals surface area contributed by atoms with Gasteiger partial charge in [0.25, 0.3) is 5.91 Å². The maximum absolute atomic E-state index is 12.3. The Bertz CT molecular complexity index is 486. The van der Waals surface area contributed by atoms with Crippen molar-refractivity contribution in [1.82, 2.24) is 10.2 Å². The molecule has 0 fully saturated rings. The number of aryl methyl sites for hydroxylation is 1. The lowest BCUT2D eigenvalue weighted by Crippen LogP contribution is -2.37. The van der Waals surface area contributed by atoms with Crippen molar-refractivity contribution in [3.8, 4) is 0 Å². The van der Waals surface area contributed by atoms with E-state index in [1.54, 1.807) is 33.2 Å². The third-order valence-electron chi connectivity index (χ3n) is 3.14. The number of amides is 2. The average Bonchev–Trinajstić information content (AvgIpc) is 2.39. The van der Waals surface area contributed by atoms with Gasteiger partial charge in [-0.3, -0.25) is 9.59 Å². The Morgan fingerprint density at radius 3 is 2.63 bits per heavy atom. The molecule has 0 spiro atoms. The molecule has 1 atom stereocenters. The van der Waals surface area contributed by atoms with E-state index >= 15 is 0 Å². The molecule has 1 aromatic rings. The van der Waals surface area contributed by atoms with Crippen LogP contribution in [0.4, 0.5) is 5.69 Å². The highest BCUT2D eigenvalue weighted by Gasteiger charge is 2.20. The van der Waals surface area contributed by atoms with Crippen LogP contribution in [0.5, 0.6) is 0 Å². The van der Waals surface area contributed by atoms with E-state index in [1.165, 1.54) is 4.90 Å². The number of anilines is 1. The SMILES string of the molecule is CNC(=O)C(C)CN(C)C(=O)c1cccc(C)c1N. The Hall–Kier alpha value is -2.04. The van der Waals surface area contributed by atoms with Crippen LogP contribution in [-0.4, -0.2) is 37.4 Å². The maximum Gasteiger partial charge on any atom is 0.255 e. The van der Waals surface area contributed by atoms with Crippen molar-refractivity contribution in [3.05, 3.63) is 29.3 Å². The average molecular weight is 263 g/mol. The monoisotopic (exact) mass is 263 g/mol. The topological polar surface area (TPSA) is 75.4 Å². The zero-order valence-corrected chi connectivity index (χ0v) is 11.9. The number of carbonyl (C=O) groups is 2. The molecule has 0 radical (unpaired) electrons. The largest absolute Gasteiger partial charge is 0.398 e. The lowest BCUT2D eigenvalue weighted by Gasteiger charge is -2.21. The van der Waals surface area contributed by atoms with Gasteiger partial charge in [0.15, 0.2) is 0 Å². The lowest BCUT2D eigenvalue weighted by molar-refractivity contribution is -0.124. The van der Waals surface area contributed by atoms with E-state index in [-0.39, 0.29) is 17.7 Å². The van der Waals surface area contributed by atoms with Crippen molar-refractivity contribution in [2.24, 2.45) is 5.92 Å². The fraction of sp³-hybridized carbons (Fsp3) is 0.429. The molecule has 1 aromatic carbocycles. The molecule has 5 heteroatoms. The van der Waals surface area contributed by atoms with Crippen LogP contribution in [0.1, 0.15) is 22.8 Å². The highest BCUT2D eigenvalue weighted by atomic mass is 16.2. The third-order valence-corrected chi connectivity index (χ3v) is 3.14. The van der Waals surface area contributed by atoms with Crippen molar-refractivity contribution >= 4 is 17.5 Å². The van der Waals surface area contributed by atoms with E-state index in [9.17, 15) is 9.59 Å². The van der Waals surface area contributed by atoms with Crippen LogP contribution in [0.25, 0.3) is 0 Å². The van der Waals surface area contributed by atoms with Crippen molar-refractivity contribution in [2.45, 2.75) is 13.8 Å². The molecule has 0 saturated carbocycles. The molecule has 3 N–H and O–H groups in total. The summed E-state index contributed by atoms with van der Waals surface area (Å²) in [6.07, 6.45) is 0. The van der Waals surface area contributed by atoms with E-state index in [4.69, 9.17) is 5.73 Å². The molecule has 0 heterocycles. The predicted molar refractivity (Wildman–Crippen MR) is 75.8 cm³/mol. The Morgan fingerprint density at radius 2 is 2.05 bits per heavy atom. The molecule has 0 saturated heterocycles. The van der Waals surface area contributed by atoms with Crippen molar-refractivity contribution < 1.29 is 9.59 Å². The van der Waals surface area contributed by atoms with E-state index in [2.05, 4.69) is 5.32 Å². The molecule has 2 amide bonds. The first-order valence-electron chi connectivity index (χ1n) is 6.20. The Morgan fingerprint density at radius 1 is 1.42 bits per heavy atom. The molecule has 0 bridgehead atoms.